The Labute approximate surface area is 162 Å². The second-order valence-electron chi connectivity index (χ2n) is 7.84. The largest absolute Gasteiger partial charge is 0.318 e. The Morgan fingerprint density at radius 1 is 1.21 bits per heavy atom. The van der Waals surface area contributed by atoms with Crippen LogP contribution in [0.1, 0.15) is 24.0 Å². The van der Waals surface area contributed by atoms with Gasteiger partial charge in [-0.1, -0.05) is 0 Å². The van der Waals surface area contributed by atoms with Gasteiger partial charge in [-0.3, -0.25) is 9.48 Å². The highest BCUT2D eigenvalue weighted by Gasteiger charge is 2.25. The molecule has 2 aromatic heterocycles. The molecular weight excluding hydrogens is 381 g/mol. The molecule has 1 fully saturated rings. The standard InChI is InChI=1S/C20H22FN3O3S/c1-12-6-15(10-23(2)20(12)25)14-7-16(11-28(3,26)27)18-17(8-14)24(22-19(18)21)9-13-4-5-13/h6-8,10,13H,4-5,9,11H2,1-3H3. The van der Waals surface area contributed by atoms with Crippen LogP contribution < -0.4 is 5.56 Å². The van der Waals surface area contributed by atoms with Gasteiger partial charge in [0.05, 0.1) is 16.7 Å². The highest BCUT2D eigenvalue weighted by molar-refractivity contribution is 7.89. The third kappa shape index (κ3) is 3.61. The monoisotopic (exact) mass is 403 g/mol. The van der Waals surface area contributed by atoms with Crippen molar-refractivity contribution in [3.05, 3.63) is 51.8 Å². The lowest BCUT2D eigenvalue weighted by Crippen LogP contribution is -2.18. The molecule has 1 saturated carbocycles. The second-order valence-corrected chi connectivity index (χ2v) is 9.98. The smallest absolute Gasteiger partial charge is 0.253 e. The van der Waals surface area contributed by atoms with Crippen molar-refractivity contribution in [1.82, 2.24) is 14.3 Å². The number of pyridine rings is 1. The Kier molecular flexibility index (Phi) is 4.41. The summed E-state index contributed by atoms with van der Waals surface area (Å²) in [4.78, 5) is 12.0. The van der Waals surface area contributed by atoms with E-state index in [9.17, 15) is 17.6 Å². The number of nitrogens with zero attached hydrogens (tertiary/aromatic N) is 3. The van der Waals surface area contributed by atoms with E-state index in [1.54, 1.807) is 37.0 Å². The predicted molar refractivity (Wildman–Crippen MR) is 106 cm³/mol. The zero-order valence-corrected chi connectivity index (χ0v) is 16.9. The predicted octanol–water partition coefficient (Wildman–Crippen LogP) is 2.80. The van der Waals surface area contributed by atoms with Gasteiger partial charge in [-0.2, -0.15) is 4.39 Å². The minimum Gasteiger partial charge on any atom is -0.318 e. The van der Waals surface area contributed by atoms with Crippen LogP contribution in [-0.4, -0.2) is 29.0 Å². The van der Waals surface area contributed by atoms with E-state index in [0.717, 1.165) is 30.2 Å². The van der Waals surface area contributed by atoms with Crippen molar-refractivity contribution in [2.75, 3.05) is 6.26 Å². The molecule has 2 heterocycles. The Hall–Kier alpha value is -2.48. The van der Waals surface area contributed by atoms with Gasteiger partial charge in [-0.25, -0.2) is 8.42 Å². The maximum atomic E-state index is 14.7. The molecule has 0 saturated heterocycles. The molecule has 0 radical (unpaired) electrons. The number of rotatable bonds is 5. The van der Waals surface area contributed by atoms with Gasteiger partial charge in [0, 0.05) is 31.6 Å². The number of hydrogen-bond acceptors (Lipinski definition) is 4. The van der Waals surface area contributed by atoms with E-state index in [-0.39, 0.29) is 16.7 Å². The van der Waals surface area contributed by atoms with Crippen LogP contribution in [0.4, 0.5) is 4.39 Å². The van der Waals surface area contributed by atoms with Crippen molar-refractivity contribution in [3.63, 3.8) is 0 Å². The molecule has 0 unspecified atom stereocenters. The lowest BCUT2D eigenvalue weighted by molar-refractivity contribution is 0.512. The van der Waals surface area contributed by atoms with Crippen molar-refractivity contribution >= 4 is 20.7 Å². The van der Waals surface area contributed by atoms with Crippen LogP contribution in [0.2, 0.25) is 0 Å². The highest BCUT2D eigenvalue weighted by Crippen LogP contribution is 2.34. The third-order valence-corrected chi connectivity index (χ3v) is 5.97. The van der Waals surface area contributed by atoms with Crippen LogP contribution >= 0.6 is 0 Å². The number of aromatic nitrogens is 3. The first kappa shape index (κ1) is 18.9. The number of sulfone groups is 1. The molecule has 1 aliphatic rings. The molecule has 0 spiro atoms. The van der Waals surface area contributed by atoms with Crippen LogP contribution in [0.15, 0.2) is 29.2 Å². The minimum absolute atomic E-state index is 0.0917. The molecule has 1 aromatic carbocycles. The van der Waals surface area contributed by atoms with E-state index in [4.69, 9.17) is 0 Å². The van der Waals surface area contributed by atoms with Gasteiger partial charge in [0.2, 0.25) is 5.95 Å². The summed E-state index contributed by atoms with van der Waals surface area (Å²) in [5.74, 6) is -0.421. The second kappa shape index (κ2) is 6.55. The fraction of sp³-hybridized carbons (Fsp3) is 0.400. The molecule has 0 aliphatic heterocycles. The summed E-state index contributed by atoms with van der Waals surface area (Å²) in [6.45, 7) is 2.35. The van der Waals surface area contributed by atoms with Crippen LogP contribution in [0, 0.1) is 18.8 Å². The van der Waals surface area contributed by atoms with Gasteiger partial charge in [-0.15, -0.1) is 5.10 Å². The van der Waals surface area contributed by atoms with Crippen molar-refractivity contribution in [1.29, 1.82) is 0 Å². The number of halogens is 1. The van der Waals surface area contributed by atoms with Gasteiger partial charge in [0.15, 0.2) is 9.84 Å². The first-order valence-electron chi connectivity index (χ1n) is 9.16. The quantitative estimate of drug-likeness (QED) is 0.657. The van der Waals surface area contributed by atoms with E-state index in [1.807, 2.05) is 6.07 Å². The summed E-state index contributed by atoms with van der Waals surface area (Å²) in [7, 11) is -1.70. The maximum Gasteiger partial charge on any atom is 0.253 e. The molecule has 148 valence electrons. The molecule has 6 nitrogen and oxygen atoms in total. The Balaban J connectivity index is 1.97. The zero-order chi connectivity index (χ0) is 20.2. The van der Waals surface area contributed by atoms with Crippen LogP contribution in [0.5, 0.6) is 0 Å². The van der Waals surface area contributed by atoms with Crippen LogP contribution in [0.25, 0.3) is 22.0 Å². The summed E-state index contributed by atoms with van der Waals surface area (Å²) in [5.41, 5.74) is 2.99. The van der Waals surface area contributed by atoms with Crippen molar-refractivity contribution in [3.8, 4) is 11.1 Å². The van der Waals surface area contributed by atoms with Gasteiger partial charge in [-0.05, 0) is 60.6 Å². The number of benzene rings is 1. The Morgan fingerprint density at radius 2 is 1.93 bits per heavy atom. The molecule has 8 heteroatoms. The summed E-state index contributed by atoms with van der Waals surface area (Å²) in [6.07, 6.45) is 5.03. The topological polar surface area (TPSA) is 74.0 Å². The van der Waals surface area contributed by atoms with Gasteiger partial charge in [0.25, 0.3) is 5.56 Å². The van der Waals surface area contributed by atoms with Gasteiger partial charge < -0.3 is 4.57 Å². The van der Waals surface area contributed by atoms with Crippen molar-refractivity contribution in [2.45, 2.75) is 32.1 Å². The summed E-state index contributed by atoms with van der Waals surface area (Å²) >= 11 is 0. The Morgan fingerprint density at radius 3 is 2.54 bits per heavy atom. The molecule has 1 aliphatic carbocycles. The fourth-order valence-electron chi connectivity index (χ4n) is 3.62. The molecule has 0 amide bonds. The molecule has 0 N–H and O–H groups in total. The highest BCUT2D eigenvalue weighted by atomic mass is 32.2. The molecule has 3 aromatic rings. The van der Waals surface area contributed by atoms with Gasteiger partial charge in [0.1, 0.15) is 0 Å². The molecule has 0 bridgehead atoms. The first-order chi connectivity index (χ1) is 13.1. The Bertz CT molecular complexity index is 1230. The summed E-state index contributed by atoms with van der Waals surface area (Å²) in [6, 6.07) is 5.29. The number of fused-ring (bicyclic) bond motifs is 1. The lowest BCUT2D eigenvalue weighted by Gasteiger charge is -2.11. The minimum atomic E-state index is -3.37. The number of aryl methyl sites for hydroxylation is 2. The average Bonchev–Trinajstić information content (AvgIpc) is 3.34. The van der Waals surface area contributed by atoms with Crippen molar-refractivity contribution < 1.29 is 12.8 Å². The summed E-state index contributed by atoms with van der Waals surface area (Å²) in [5, 5.41) is 4.31. The first-order valence-corrected chi connectivity index (χ1v) is 11.2. The zero-order valence-electron chi connectivity index (χ0n) is 16.1. The van der Waals surface area contributed by atoms with Gasteiger partial charge >= 0.3 is 0 Å². The lowest BCUT2D eigenvalue weighted by atomic mass is 10.0. The number of hydrogen-bond donors (Lipinski definition) is 0. The van der Waals surface area contributed by atoms with E-state index in [1.165, 1.54) is 4.57 Å². The van der Waals surface area contributed by atoms with Crippen LogP contribution in [-0.2, 0) is 29.2 Å². The molecular formula is C20H22FN3O3S. The van der Waals surface area contributed by atoms with E-state index in [0.29, 0.717) is 29.1 Å². The van der Waals surface area contributed by atoms with E-state index in [2.05, 4.69) is 5.10 Å². The fourth-order valence-corrected chi connectivity index (χ4v) is 4.41. The normalized spacial score (nSPS) is 14.7. The molecule has 28 heavy (non-hydrogen) atoms. The third-order valence-electron chi connectivity index (χ3n) is 5.13. The van der Waals surface area contributed by atoms with Crippen molar-refractivity contribution in [2.24, 2.45) is 13.0 Å². The van der Waals surface area contributed by atoms with E-state index < -0.39 is 15.8 Å². The molecule has 0 atom stereocenters. The average molecular weight is 403 g/mol. The van der Waals surface area contributed by atoms with Crippen LogP contribution in [0.3, 0.4) is 0 Å². The summed E-state index contributed by atoms with van der Waals surface area (Å²) < 4.78 is 41.7. The SMILES string of the molecule is Cc1cc(-c2cc(CS(C)(=O)=O)c3c(F)nn(CC4CC4)c3c2)cn(C)c1=O. The maximum absolute atomic E-state index is 14.7. The molecule has 4 rings (SSSR count). The van der Waals surface area contributed by atoms with E-state index >= 15 is 0 Å².